The van der Waals surface area contributed by atoms with Gasteiger partial charge in [0.2, 0.25) is 5.78 Å². The van der Waals surface area contributed by atoms with Crippen LogP contribution in [0.4, 0.5) is 0 Å². The molecule has 0 atom stereocenters. The molecule has 21 heavy (non-hydrogen) atoms. The van der Waals surface area contributed by atoms with E-state index in [0.29, 0.717) is 11.3 Å². The molecule has 0 aromatic heterocycles. The Bertz CT molecular complexity index is 568. The number of rotatable bonds is 4. The van der Waals surface area contributed by atoms with Crippen LogP contribution < -0.4 is 4.43 Å². The molecule has 5 heteroatoms. The predicted molar refractivity (Wildman–Crippen MR) is 84.3 cm³/mol. The van der Waals surface area contributed by atoms with E-state index in [2.05, 4.69) is 33.9 Å². The standard InChI is InChI=1S/C16H24O4Si/c1-15(2,3)21(6,7)20-12-10-8-9-11-13(12)14(17)16(11,18-4)19-5/h8-10H,1-7H3. The van der Waals surface area contributed by atoms with E-state index in [1.807, 2.05) is 18.2 Å². The lowest BCUT2D eigenvalue weighted by molar-refractivity contribution is -0.186. The molecule has 1 aromatic carbocycles. The summed E-state index contributed by atoms with van der Waals surface area (Å²) < 4.78 is 16.9. The molecule has 1 aromatic rings. The van der Waals surface area contributed by atoms with Crippen LogP contribution in [0, 0.1) is 0 Å². The Balaban J connectivity index is 2.44. The average molecular weight is 308 g/mol. The predicted octanol–water partition coefficient (Wildman–Crippen LogP) is 3.71. The van der Waals surface area contributed by atoms with E-state index in [1.165, 1.54) is 14.2 Å². The Kier molecular flexibility index (Phi) is 3.81. The van der Waals surface area contributed by atoms with Crippen LogP contribution in [0.1, 0.15) is 36.7 Å². The van der Waals surface area contributed by atoms with Gasteiger partial charge in [0, 0.05) is 19.8 Å². The minimum atomic E-state index is -2.00. The number of ketones is 1. The van der Waals surface area contributed by atoms with Crippen molar-refractivity contribution in [2.24, 2.45) is 0 Å². The highest BCUT2D eigenvalue weighted by Crippen LogP contribution is 2.48. The normalized spacial score (nSPS) is 17.2. The summed E-state index contributed by atoms with van der Waals surface area (Å²) in [7, 11) is 0.959. The molecule has 4 nitrogen and oxygen atoms in total. The van der Waals surface area contributed by atoms with Crippen molar-refractivity contribution < 1.29 is 18.7 Å². The van der Waals surface area contributed by atoms with Crippen molar-refractivity contribution in [1.82, 2.24) is 0 Å². The van der Waals surface area contributed by atoms with Crippen LogP contribution in [0.5, 0.6) is 5.75 Å². The molecule has 0 N–H and O–H groups in total. The zero-order valence-corrected chi connectivity index (χ0v) is 14.9. The van der Waals surface area contributed by atoms with Gasteiger partial charge in [0.05, 0.1) is 5.56 Å². The molecule has 1 aliphatic rings. The number of ether oxygens (including phenoxy) is 2. The fourth-order valence-electron chi connectivity index (χ4n) is 2.27. The van der Waals surface area contributed by atoms with Crippen LogP contribution in [-0.4, -0.2) is 28.3 Å². The molecule has 0 bridgehead atoms. The quantitative estimate of drug-likeness (QED) is 0.628. The first-order chi connectivity index (χ1) is 9.60. The third kappa shape index (κ3) is 2.24. The smallest absolute Gasteiger partial charge is 0.261 e. The van der Waals surface area contributed by atoms with Gasteiger partial charge in [0.25, 0.3) is 14.1 Å². The maximum absolute atomic E-state index is 12.5. The first kappa shape index (κ1) is 16.2. The van der Waals surface area contributed by atoms with Crippen molar-refractivity contribution in [1.29, 1.82) is 0 Å². The lowest BCUT2D eigenvalue weighted by Gasteiger charge is -2.42. The summed E-state index contributed by atoms with van der Waals surface area (Å²) in [5.74, 6) is -0.784. The molecule has 0 unspecified atom stereocenters. The molecule has 0 aliphatic heterocycles. The number of fused-ring (bicyclic) bond motifs is 1. The number of Topliss-reactive ketones (excluding diaryl/α,β-unsaturated/α-hetero) is 1. The second kappa shape index (κ2) is 4.93. The average Bonchev–Trinajstić information content (AvgIpc) is 2.38. The molecule has 0 fully saturated rings. The molecule has 2 rings (SSSR count). The zero-order chi connectivity index (χ0) is 16.1. The van der Waals surface area contributed by atoms with Crippen LogP contribution >= 0.6 is 0 Å². The first-order valence-electron chi connectivity index (χ1n) is 7.08. The van der Waals surface area contributed by atoms with Gasteiger partial charge in [-0.3, -0.25) is 4.79 Å². The van der Waals surface area contributed by atoms with Crippen LogP contribution in [0.3, 0.4) is 0 Å². The zero-order valence-electron chi connectivity index (χ0n) is 13.9. The Hall–Kier alpha value is -1.17. The van der Waals surface area contributed by atoms with Crippen molar-refractivity contribution in [3.8, 4) is 5.75 Å². The summed E-state index contributed by atoms with van der Waals surface area (Å²) in [6.07, 6.45) is 0. The van der Waals surface area contributed by atoms with Crippen molar-refractivity contribution in [3.63, 3.8) is 0 Å². The van der Waals surface area contributed by atoms with Crippen LogP contribution in [0.15, 0.2) is 18.2 Å². The Labute approximate surface area is 127 Å². The lowest BCUT2D eigenvalue weighted by Crippen LogP contribution is -2.51. The summed E-state index contributed by atoms with van der Waals surface area (Å²) >= 11 is 0. The lowest BCUT2D eigenvalue weighted by atomic mass is 9.79. The second-order valence-electron chi connectivity index (χ2n) is 6.90. The summed E-state index contributed by atoms with van der Waals surface area (Å²) in [5.41, 5.74) is 1.33. The summed E-state index contributed by atoms with van der Waals surface area (Å²) in [5, 5.41) is 0.0715. The largest absolute Gasteiger partial charge is 0.543 e. The number of carbonyl (C=O) groups is 1. The number of carbonyl (C=O) groups excluding carboxylic acids is 1. The fraction of sp³-hybridized carbons (Fsp3) is 0.562. The summed E-state index contributed by atoms with van der Waals surface area (Å²) in [6, 6.07) is 5.58. The molecule has 0 amide bonds. The number of hydrogen-bond acceptors (Lipinski definition) is 4. The summed E-state index contributed by atoms with van der Waals surface area (Å²) in [4.78, 5) is 12.5. The van der Waals surface area contributed by atoms with Gasteiger partial charge < -0.3 is 13.9 Å². The van der Waals surface area contributed by atoms with E-state index >= 15 is 0 Å². The third-order valence-corrected chi connectivity index (χ3v) is 9.00. The Morgan fingerprint density at radius 2 is 1.67 bits per heavy atom. The van der Waals surface area contributed by atoms with Crippen molar-refractivity contribution in [2.45, 2.75) is 44.7 Å². The highest BCUT2D eigenvalue weighted by molar-refractivity contribution is 6.74. The van der Waals surface area contributed by atoms with E-state index in [0.717, 1.165) is 5.56 Å². The first-order valence-corrected chi connectivity index (χ1v) is 9.99. The van der Waals surface area contributed by atoms with Crippen LogP contribution in [-0.2, 0) is 15.3 Å². The number of benzene rings is 1. The minimum Gasteiger partial charge on any atom is -0.543 e. The molecule has 0 heterocycles. The summed E-state index contributed by atoms with van der Waals surface area (Å²) in [6.45, 7) is 10.8. The highest BCUT2D eigenvalue weighted by Gasteiger charge is 2.55. The molecule has 0 saturated carbocycles. The molecule has 0 saturated heterocycles. The van der Waals surface area contributed by atoms with Crippen LogP contribution in [0.2, 0.25) is 18.1 Å². The van der Waals surface area contributed by atoms with E-state index < -0.39 is 14.1 Å². The monoisotopic (exact) mass is 308 g/mol. The topological polar surface area (TPSA) is 44.8 Å². The van der Waals surface area contributed by atoms with Gasteiger partial charge in [-0.25, -0.2) is 0 Å². The number of methoxy groups -OCH3 is 2. The van der Waals surface area contributed by atoms with Crippen molar-refractivity contribution >= 4 is 14.1 Å². The molecule has 1 aliphatic carbocycles. The SMILES string of the molecule is COC1(OC)C(=O)c2c(O[Si](C)(C)C(C)(C)C)cccc21. The van der Waals surface area contributed by atoms with Gasteiger partial charge in [0.15, 0.2) is 0 Å². The molecular weight excluding hydrogens is 284 g/mol. The van der Waals surface area contributed by atoms with E-state index in [1.54, 1.807) is 0 Å². The molecule has 0 radical (unpaired) electrons. The fourth-order valence-corrected chi connectivity index (χ4v) is 3.29. The van der Waals surface area contributed by atoms with E-state index in [4.69, 9.17) is 13.9 Å². The highest BCUT2D eigenvalue weighted by atomic mass is 28.4. The van der Waals surface area contributed by atoms with Gasteiger partial charge >= 0.3 is 0 Å². The maximum Gasteiger partial charge on any atom is 0.261 e. The van der Waals surface area contributed by atoms with Gasteiger partial charge in [-0.05, 0) is 24.2 Å². The maximum atomic E-state index is 12.5. The Morgan fingerprint density at radius 3 is 2.14 bits per heavy atom. The number of hydrogen-bond donors (Lipinski definition) is 0. The van der Waals surface area contributed by atoms with Crippen LogP contribution in [0.25, 0.3) is 0 Å². The van der Waals surface area contributed by atoms with E-state index in [9.17, 15) is 4.79 Å². The van der Waals surface area contributed by atoms with Gasteiger partial charge in [-0.1, -0.05) is 32.9 Å². The van der Waals surface area contributed by atoms with Gasteiger partial charge in [-0.15, -0.1) is 0 Å². The van der Waals surface area contributed by atoms with Gasteiger partial charge in [-0.2, -0.15) is 0 Å². The molecular formula is C16H24O4Si. The minimum absolute atomic E-state index is 0.0715. The Morgan fingerprint density at radius 1 is 1.10 bits per heavy atom. The second-order valence-corrected chi connectivity index (χ2v) is 11.6. The van der Waals surface area contributed by atoms with Crippen molar-refractivity contribution in [3.05, 3.63) is 29.3 Å². The van der Waals surface area contributed by atoms with Gasteiger partial charge in [0.1, 0.15) is 5.75 Å². The molecule has 0 spiro atoms. The third-order valence-electron chi connectivity index (χ3n) is 4.65. The van der Waals surface area contributed by atoms with E-state index in [-0.39, 0.29) is 10.8 Å². The molecule has 116 valence electrons. The van der Waals surface area contributed by atoms with Crippen molar-refractivity contribution in [2.75, 3.05) is 14.2 Å².